The van der Waals surface area contributed by atoms with Crippen LogP contribution in [0.5, 0.6) is 0 Å². The second-order valence-electron chi connectivity index (χ2n) is 4.88. The van der Waals surface area contributed by atoms with Crippen LogP contribution in [0.1, 0.15) is 41.0 Å². The molecule has 17 heavy (non-hydrogen) atoms. The average molecular weight is 242 g/mol. The molecule has 0 rings (SSSR count). The standard InChI is InChI=1S/C13H22O4/c1-6-16-11(14)8-7-10(2)9-12(15)17-13(3,4)5/h7-8,10H,6,9H2,1-5H3/b8-7+/t10-/m0/s1. The average Bonchev–Trinajstić information content (AvgIpc) is 2.12. The van der Waals surface area contributed by atoms with E-state index >= 15 is 0 Å². The van der Waals surface area contributed by atoms with Crippen molar-refractivity contribution in [3.8, 4) is 0 Å². The molecule has 0 saturated carbocycles. The Labute approximate surface area is 103 Å². The van der Waals surface area contributed by atoms with Gasteiger partial charge in [-0.05, 0) is 33.6 Å². The summed E-state index contributed by atoms with van der Waals surface area (Å²) in [5.41, 5.74) is -0.471. The van der Waals surface area contributed by atoms with Crippen molar-refractivity contribution in [1.29, 1.82) is 0 Å². The maximum atomic E-state index is 11.5. The zero-order valence-electron chi connectivity index (χ0n) is 11.3. The molecule has 0 radical (unpaired) electrons. The van der Waals surface area contributed by atoms with E-state index in [0.29, 0.717) is 6.61 Å². The molecular weight excluding hydrogens is 220 g/mol. The van der Waals surface area contributed by atoms with Crippen molar-refractivity contribution < 1.29 is 19.1 Å². The smallest absolute Gasteiger partial charge is 0.330 e. The van der Waals surface area contributed by atoms with Crippen molar-refractivity contribution in [1.82, 2.24) is 0 Å². The molecule has 0 aromatic rings. The molecule has 0 bridgehead atoms. The predicted molar refractivity (Wildman–Crippen MR) is 65.4 cm³/mol. The molecule has 4 nitrogen and oxygen atoms in total. The van der Waals surface area contributed by atoms with Gasteiger partial charge in [-0.1, -0.05) is 13.0 Å². The van der Waals surface area contributed by atoms with Gasteiger partial charge in [0.1, 0.15) is 5.60 Å². The fourth-order valence-electron chi connectivity index (χ4n) is 1.15. The summed E-state index contributed by atoms with van der Waals surface area (Å²) in [6.07, 6.45) is 3.26. The van der Waals surface area contributed by atoms with Crippen molar-refractivity contribution in [2.45, 2.75) is 46.6 Å². The molecule has 0 N–H and O–H groups in total. The molecule has 1 atom stereocenters. The first kappa shape index (κ1) is 15.7. The maximum Gasteiger partial charge on any atom is 0.330 e. The highest BCUT2D eigenvalue weighted by atomic mass is 16.6. The Balaban J connectivity index is 4.05. The maximum absolute atomic E-state index is 11.5. The van der Waals surface area contributed by atoms with Gasteiger partial charge in [0.15, 0.2) is 0 Å². The van der Waals surface area contributed by atoms with Gasteiger partial charge in [-0.15, -0.1) is 0 Å². The van der Waals surface area contributed by atoms with E-state index < -0.39 is 5.60 Å². The van der Waals surface area contributed by atoms with Crippen molar-refractivity contribution >= 4 is 11.9 Å². The molecule has 0 aliphatic heterocycles. The van der Waals surface area contributed by atoms with Crippen LogP contribution in [0.2, 0.25) is 0 Å². The van der Waals surface area contributed by atoms with E-state index in [9.17, 15) is 9.59 Å². The van der Waals surface area contributed by atoms with Crippen molar-refractivity contribution in [2.24, 2.45) is 5.92 Å². The minimum absolute atomic E-state index is 0.0470. The highest BCUT2D eigenvalue weighted by Crippen LogP contribution is 2.12. The molecule has 0 aromatic carbocycles. The zero-order valence-corrected chi connectivity index (χ0v) is 11.3. The second-order valence-corrected chi connectivity index (χ2v) is 4.88. The van der Waals surface area contributed by atoms with E-state index in [1.165, 1.54) is 6.08 Å². The van der Waals surface area contributed by atoms with Crippen LogP contribution in [0.25, 0.3) is 0 Å². The summed E-state index contributed by atoms with van der Waals surface area (Å²) in [6.45, 7) is 9.41. The number of carbonyl (C=O) groups is 2. The van der Waals surface area contributed by atoms with Gasteiger partial charge in [0, 0.05) is 6.08 Å². The summed E-state index contributed by atoms with van der Waals surface area (Å²) in [5, 5.41) is 0. The quantitative estimate of drug-likeness (QED) is 0.549. The normalized spacial score (nSPS) is 13.5. The van der Waals surface area contributed by atoms with Crippen LogP contribution in [0, 0.1) is 5.92 Å². The lowest BCUT2D eigenvalue weighted by atomic mass is 10.1. The first-order valence-corrected chi connectivity index (χ1v) is 5.81. The Morgan fingerprint density at radius 1 is 1.29 bits per heavy atom. The van der Waals surface area contributed by atoms with Gasteiger partial charge in [-0.25, -0.2) is 4.79 Å². The van der Waals surface area contributed by atoms with Gasteiger partial charge < -0.3 is 9.47 Å². The van der Waals surface area contributed by atoms with Gasteiger partial charge in [-0.3, -0.25) is 4.79 Å². The van der Waals surface area contributed by atoms with Crippen LogP contribution < -0.4 is 0 Å². The van der Waals surface area contributed by atoms with Crippen LogP contribution >= 0.6 is 0 Å². The molecule has 0 aromatic heterocycles. The first-order valence-electron chi connectivity index (χ1n) is 5.81. The van der Waals surface area contributed by atoms with Crippen molar-refractivity contribution in [3.05, 3.63) is 12.2 Å². The number of ether oxygens (including phenoxy) is 2. The van der Waals surface area contributed by atoms with Gasteiger partial charge >= 0.3 is 11.9 Å². The van der Waals surface area contributed by atoms with E-state index in [4.69, 9.17) is 9.47 Å². The Kier molecular flexibility index (Phi) is 6.54. The third-order valence-corrected chi connectivity index (χ3v) is 1.76. The molecule has 98 valence electrons. The van der Waals surface area contributed by atoms with Gasteiger partial charge in [-0.2, -0.15) is 0 Å². The highest BCUT2D eigenvalue weighted by Gasteiger charge is 2.17. The molecule has 0 unspecified atom stereocenters. The van der Waals surface area contributed by atoms with Crippen molar-refractivity contribution in [2.75, 3.05) is 6.61 Å². The van der Waals surface area contributed by atoms with Crippen LogP contribution in [0.15, 0.2) is 12.2 Å². The molecule has 0 spiro atoms. The molecule has 0 amide bonds. The Morgan fingerprint density at radius 3 is 2.35 bits per heavy atom. The fraction of sp³-hybridized carbons (Fsp3) is 0.692. The topological polar surface area (TPSA) is 52.6 Å². The molecule has 0 saturated heterocycles. The summed E-state index contributed by atoms with van der Waals surface area (Å²) in [4.78, 5) is 22.5. The van der Waals surface area contributed by atoms with Crippen LogP contribution in [0.3, 0.4) is 0 Å². The van der Waals surface area contributed by atoms with Gasteiger partial charge in [0.25, 0.3) is 0 Å². The minimum Gasteiger partial charge on any atom is -0.463 e. The number of hydrogen-bond acceptors (Lipinski definition) is 4. The van der Waals surface area contributed by atoms with Gasteiger partial charge in [0.2, 0.25) is 0 Å². The monoisotopic (exact) mass is 242 g/mol. The lowest BCUT2D eigenvalue weighted by Crippen LogP contribution is -2.24. The van der Waals surface area contributed by atoms with Crippen LogP contribution in [-0.2, 0) is 19.1 Å². The highest BCUT2D eigenvalue weighted by molar-refractivity contribution is 5.82. The Morgan fingerprint density at radius 2 is 1.88 bits per heavy atom. The second kappa shape index (κ2) is 7.09. The number of rotatable bonds is 5. The molecule has 0 aliphatic carbocycles. The Bertz CT molecular complexity index is 286. The zero-order chi connectivity index (χ0) is 13.5. The van der Waals surface area contributed by atoms with E-state index in [1.807, 2.05) is 27.7 Å². The largest absolute Gasteiger partial charge is 0.463 e. The fourth-order valence-corrected chi connectivity index (χ4v) is 1.15. The Hall–Kier alpha value is -1.32. The first-order chi connectivity index (χ1) is 7.74. The molecular formula is C13H22O4. The molecule has 0 aliphatic rings. The summed E-state index contributed by atoms with van der Waals surface area (Å²) in [6, 6.07) is 0. The minimum atomic E-state index is -0.471. The number of hydrogen-bond donors (Lipinski definition) is 0. The third kappa shape index (κ3) is 9.60. The van der Waals surface area contributed by atoms with E-state index in [0.717, 1.165) is 0 Å². The number of carbonyl (C=O) groups excluding carboxylic acids is 2. The lowest BCUT2D eigenvalue weighted by molar-refractivity contribution is -0.155. The van der Waals surface area contributed by atoms with E-state index in [2.05, 4.69) is 0 Å². The van der Waals surface area contributed by atoms with Crippen molar-refractivity contribution in [3.63, 3.8) is 0 Å². The summed E-state index contributed by atoms with van der Waals surface area (Å²) < 4.78 is 9.91. The SMILES string of the molecule is CCOC(=O)/C=C/[C@H](C)CC(=O)OC(C)(C)C. The summed E-state index contributed by atoms with van der Waals surface area (Å²) in [5.74, 6) is -0.698. The lowest BCUT2D eigenvalue weighted by Gasteiger charge is -2.20. The molecule has 0 heterocycles. The van der Waals surface area contributed by atoms with Gasteiger partial charge in [0.05, 0.1) is 13.0 Å². The van der Waals surface area contributed by atoms with Crippen LogP contribution in [-0.4, -0.2) is 24.1 Å². The van der Waals surface area contributed by atoms with E-state index in [-0.39, 0.29) is 24.3 Å². The number of esters is 2. The third-order valence-electron chi connectivity index (χ3n) is 1.76. The molecule has 4 heteroatoms. The van der Waals surface area contributed by atoms with Crippen LogP contribution in [0.4, 0.5) is 0 Å². The number of allylic oxidation sites excluding steroid dienone is 1. The van der Waals surface area contributed by atoms with E-state index in [1.54, 1.807) is 13.0 Å². The summed E-state index contributed by atoms with van der Waals surface area (Å²) in [7, 11) is 0. The molecule has 0 fully saturated rings. The predicted octanol–water partition coefficient (Wildman–Crippen LogP) is 2.47. The summed E-state index contributed by atoms with van der Waals surface area (Å²) >= 11 is 0.